The number of nitrogens with zero attached hydrogens (tertiary/aromatic N) is 3. The fraction of sp³-hybridized carbons (Fsp3) is 0.938. The SMILES string of the molecule is CC(C)CC(CN(C)C)NC1CCN(C(=O)N(C)C)CC1. The quantitative estimate of drug-likeness (QED) is 0.811. The summed E-state index contributed by atoms with van der Waals surface area (Å²) < 4.78 is 0. The molecule has 1 N–H and O–H groups in total. The Morgan fingerprint density at radius 3 is 2.19 bits per heavy atom. The van der Waals surface area contributed by atoms with E-state index in [0.29, 0.717) is 18.0 Å². The van der Waals surface area contributed by atoms with Crippen molar-refractivity contribution in [3.63, 3.8) is 0 Å². The van der Waals surface area contributed by atoms with E-state index in [1.165, 1.54) is 6.42 Å². The molecule has 1 heterocycles. The zero-order chi connectivity index (χ0) is 16.0. The van der Waals surface area contributed by atoms with Gasteiger partial charge in [0, 0.05) is 45.8 Å². The summed E-state index contributed by atoms with van der Waals surface area (Å²) in [6.45, 7) is 7.37. The molecule has 1 fully saturated rings. The smallest absolute Gasteiger partial charge is 0.319 e. The summed E-state index contributed by atoms with van der Waals surface area (Å²) in [4.78, 5) is 17.8. The Hall–Kier alpha value is -0.810. The zero-order valence-corrected chi connectivity index (χ0v) is 14.7. The Kier molecular flexibility index (Phi) is 7.46. The average Bonchev–Trinajstić information content (AvgIpc) is 2.37. The molecular formula is C16H34N4O. The molecule has 5 nitrogen and oxygen atoms in total. The van der Waals surface area contributed by atoms with Gasteiger partial charge in [0.2, 0.25) is 0 Å². The third-order valence-electron chi connectivity index (χ3n) is 3.96. The highest BCUT2D eigenvalue weighted by molar-refractivity contribution is 5.73. The standard InChI is InChI=1S/C16H34N4O/c1-13(2)11-15(12-18(3)4)17-14-7-9-20(10-8-14)16(21)19(5)6/h13-15,17H,7-12H2,1-6H3. The lowest BCUT2D eigenvalue weighted by Crippen LogP contribution is -2.51. The molecule has 124 valence electrons. The van der Waals surface area contributed by atoms with Gasteiger partial charge in [-0.3, -0.25) is 0 Å². The number of carbonyl (C=O) groups excluding carboxylic acids is 1. The van der Waals surface area contributed by atoms with Gasteiger partial charge in [0.15, 0.2) is 0 Å². The molecule has 5 heteroatoms. The van der Waals surface area contributed by atoms with Crippen LogP contribution in [0.25, 0.3) is 0 Å². The molecule has 1 atom stereocenters. The molecule has 0 aromatic rings. The van der Waals surface area contributed by atoms with Crippen LogP contribution in [0, 0.1) is 5.92 Å². The molecule has 0 bridgehead atoms. The maximum Gasteiger partial charge on any atom is 0.319 e. The van der Waals surface area contributed by atoms with E-state index in [4.69, 9.17) is 0 Å². The second-order valence-electron chi connectivity index (χ2n) is 7.19. The molecule has 0 radical (unpaired) electrons. The van der Waals surface area contributed by atoms with E-state index in [2.05, 4.69) is 38.2 Å². The van der Waals surface area contributed by atoms with Crippen LogP contribution < -0.4 is 5.32 Å². The number of hydrogen-bond donors (Lipinski definition) is 1. The van der Waals surface area contributed by atoms with E-state index in [-0.39, 0.29) is 6.03 Å². The lowest BCUT2D eigenvalue weighted by Gasteiger charge is -2.36. The lowest BCUT2D eigenvalue weighted by atomic mass is 9.99. The minimum atomic E-state index is 0.139. The van der Waals surface area contributed by atoms with Crippen molar-refractivity contribution in [1.82, 2.24) is 20.0 Å². The molecule has 21 heavy (non-hydrogen) atoms. The molecule has 0 aromatic carbocycles. The van der Waals surface area contributed by atoms with Crippen LogP contribution in [0.3, 0.4) is 0 Å². The topological polar surface area (TPSA) is 38.8 Å². The highest BCUT2D eigenvalue weighted by Crippen LogP contribution is 2.14. The number of likely N-dealkylation sites (tertiary alicyclic amines) is 1. The van der Waals surface area contributed by atoms with Gasteiger partial charge in [-0.1, -0.05) is 13.8 Å². The molecule has 2 amide bonds. The number of likely N-dealkylation sites (N-methyl/N-ethyl adjacent to an activating group) is 1. The molecule has 1 rings (SSSR count). The van der Waals surface area contributed by atoms with Crippen molar-refractivity contribution in [2.75, 3.05) is 47.8 Å². The Balaban J connectivity index is 2.43. The molecule has 1 aliphatic rings. The van der Waals surface area contributed by atoms with E-state index in [1.807, 2.05) is 19.0 Å². The highest BCUT2D eigenvalue weighted by Gasteiger charge is 2.25. The van der Waals surface area contributed by atoms with Crippen molar-refractivity contribution in [1.29, 1.82) is 0 Å². The van der Waals surface area contributed by atoms with Crippen molar-refractivity contribution < 1.29 is 4.79 Å². The van der Waals surface area contributed by atoms with Crippen LogP contribution >= 0.6 is 0 Å². The Morgan fingerprint density at radius 2 is 1.76 bits per heavy atom. The first-order chi connectivity index (χ1) is 9.79. The minimum Gasteiger partial charge on any atom is -0.331 e. The number of rotatable bonds is 6. The van der Waals surface area contributed by atoms with Crippen LogP contribution in [-0.2, 0) is 0 Å². The van der Waals surface area contributed by atoms with Gasteiger partial charge in [-0.2, -0.15) is 0 Å². The summed E-state index contributed by atoms with van der Waals surface area (Å²) in [5.41, 5.74) is 0. The zero-order valence-electron chi connectivity index (χ0n) is 14.7. The Morgan fingerprint density at radius 1 is 1.19 bits per heavy atom. The van der Waals surface area contributed by atoms with E-state index in [0.717, 1.165) is 32.5 Å². The number of nitrogens with one attached hydrogen (secondary N) is 1. The minimum absolute atomic E-state index is 0.139. The fourth-order valence-electron chi connectivity index (χ4n) is 3.06. The van der Waals surface area contributed by atoms with Gasteiger partial charge in [-0.05, 0) is 39.3 Å². The van der Waals surface area contributed by atoms with Crippen LogP contribution in [-0.4, -0.2) is 80.6 Å². The van der Waals surface area contributed by atoms with Crippen molar-refractivity contribution in [3.05, 3.63) is 0 Å². The number of urea groups is 1. The summed E-state index contributed by atoms with van der Waals surface area (Å²) in [7, 11) is 7.91. The monoisotopic (exact) mass is 298 g/mol. The molecule has 0 saturated carbocycles. The van der Waals surface area contributed by atoms with Crippen LogP contribution in [0.4, 0.5) is 4.79 Å². The number of amides is 2. The molecule has 0 aliphatic carbocycles. The normalized spacial score (nSPS) is 18.4. The van der Waals surface area contributed by atoms with Crippen molar-refractivity contribution in [3.8, 4) is 0 Å². The first-order valence-corrected chi connectivity index (χ1v) is 8.16. The van der Waals surface area contributed by atoms with Crippen molar-refractivity contribution in [2.45, 2.75) is 45.2 Å². The van der Waals surface area contributed by atoms with Crippen LogP contribution in [0.5, 0.6) is 0 Å². The summed E-state index contributed by atoms with van der Waals surface area (Å²) in [6.07, 6.45) is 3.32. The summed E-state index contributed by atoms with van der Waals surface area (Å²) in [5.74, 6) is 0.706. The molecule has 1 saturated heterocycles. The van der Waals surface area contributed by atoms with E-state index >= 15 is 0 Å². The van der Waals surface area contributed by atoms with Crippen LogP contribution in [0.15, 0.2) is 0 Å². The number of hydrogen-bond acceptors (Lipinski definition) is 3. The Bertz CT molecular complexity index is 299. The molecule has 1 unspecified atom stereocenters. The predicted molar refractivity (Wildman–Crippen MR) is 88.6 cm³/mol. The number of carbonyl (C=O) groups is 1. The van der Waals surface area contributed by atoms with E-state index in [1.54, 1.807) is 4.90 Å². The molecule has 1 aliphatic heterocycles. The van der Waals surface area contributed by atoms with Gasteiger partial charge in [0.25, 0.3) is 0 Å². The van der Waals surface area contributed by atoms with E-state index in [9.17, 15) is 4.79 Å². The van der Waals surface area contributed by atoms with Crippen molar-refractivity contribution in [2.24, 2.45) is 5.92 Å². The largest absolute Gasteiger partial charge is 0.331 e. The van der Waals surface area contributed by atoms with Gasteiger partial charge in [0.1, 0.15) is 0 Å². The fourth-order valence-corrected chi connectivity index (χ4v) is 3.06. The maximum atomic E-state index is 11.9. The third kappa shape index (κ3) is 6.66. The van der Waals surface area contributed by atoms with Crippen LogP contribution in [0.1, 0.15) is 33.1 Å². The van der Waals surface area contributed by atoms with Gasteiger partial charge in [-0.15, -0.1) is 0 Å². The Labute approximate surface area is 130 Å². The van der Waals surface area contributed by atoms with Gasteiger partial charge in [-0.25, -0.2) is 4.79 Å². The lowest BCUT2D eigenvalue weighted by molar-refractivity contribution is 0.148. The average molecular weight is 298 g/mol. The summed E-state index contributed by atoms with van der Waals surface area (Å²) in [5, 5.41) is 3.81. The number of piperidine rings is 1. The first kappa shape index (κ1) is 18.2. The summed E-state index contributed by atoms with van der Waals surface area (Å²) in [6, 6.07) is 1.22. The van der Waals surface area contributed by atoms with Crippen molar-refractivity contribution >= 4 is 6.03 Å². The van der Waals surface area contributed by atoms with Crippen LogP contribution in [0.2, 0.25) is 0 Å². The second-order valence-corrected chi connectivity index (χ2v) is 7.19. The maximum absolute atomic E-state index is 11.9. The molecular weight excluding hydrogens is 264 g/mol. The highest BCUT2D eigenvalue weighted by atomic mass is 16.2. The second kappa shape index (κ2) is 8.59. The first-order valence-electron chi connectivity index (χ1n) is 8.16. The van der Waals surface area contributed by atoms with Gasteiger partial charge >= 0.3 is 6.03 Å². The van der Waals surface area contributed by atoms with Gasteiger partial charge < -0.3 is 20.0 Å². The predicted octanol–water partition coefficient (Wildman–Crippen LogP) is 1.70. The van der Waals surface area contributed by atoms with E-state index < -0.39 is 0 Å². The molecule has 0 spiro atoms. The summed E-state index contributed by atoms with van der Waals surface area (Å²) >= 11 is 0. The third-order valence-corrected chi connectivity index (χ3v) is 3.96. The molecule has 0 aromatic heterocycles. The van der Waals surface area contributed by atoms with Gasteiger partial charge in [0.05, 0.1) is 0 Å².